The van der Waals surface area contributed by atoms with Gasteiger partial charge in [0.05, 0.1) is 17.4 Å². The molecule has 1 saturated heterocycles. The highest BCUT2D eigenvalue weighted by Crippen LogP contribution is 2.31. The highest BCUT2D eigenvalue weighted by atomic mass is 32.2. The Hall–Kier alpha value is -3.07. The van der Waals surface area contributed by atoms with Crippen molar-refractivity contribution >= 4 is 16.0 Å². The van der Waals surface area contributed by atoms with Crippen LogP contribution in [0.5, 0.6) is 0 Å². The van der Waals surface area contributed by atoms with E-state index in [-0.39, 0.29) is 17.4 Å². The number of aryl methyl sites for hydroxylation is 1. The molecule has 1 unspecified atom stereocenters. The minimum atomic E-state index is -3.71. The van der Waals surface area contributed by atoms with Crippen molar-refractivity contribution in [3.05, 3.63) is 101 Å². The van der Waals surface area contributed by atoms with Crippen LogP contribution in [0.2, 0.25) is 0 Å². The molecule has 6 nitrogen and oxygen atoms in total. The third kappa shape index (κ3) is 5.35. The van der Waals surface area contributed by atoms with Gasteiger partial charge < -0.3 is 5.11 Å². The minimum Gasteiger partial charge on any atom is -0.481 e. The maximum absolute atomic E-state index is 13.3. The van der Waals surface area contributed by atoms with Gasteiger partial charge in [0.25, 0.3) is 0 Å². The van der Waals surface area contributed by atoms with Crippen molar-refractivity contribution in [2.45, 2.75) is 24.3 Å². The standard InChI is InChI=1S/C26H27FN2O4S/c1-19-5-7-21(8-6-19)26(22-4-2-3-20(17-22)18-25(30)31)28-13-15-29(16-14-28)34(32,33)24-11-9-23(27)10-12-24/h2-12,17,26H,13-16,18H2,1H3,(H,30,31). The zero-order valence-electron chi connectivity index (χ0n) is 18.9. The van der Waals surface area contributed by atoms with E-state index in [1.54, 1.807) is 6.07 Å². The van der Waals surface area contributed by atoms with Gasteiger partial charge >= 0.3 is 5.97 Å². The number of carboxylic acid groups (broad SMARTS) is 1. The molecule has 8 heteroatoms. The summed E-state index contributed by atoms with van der Waals surface area (Å²) in [7, 11) is -3.71. The summed E-state index contributed by atoms with van der Waals surface area (Å²) in [6, 6.07) is 20.5. The van der Waals surface area contributed by atoms with E-state index in [0.29, 0.717) is 26.2 Å². The molecule has 0 aliphatic carbocycles. The van der Waals surface area contributed by atoms with Gasteiger partial charge in [-0.05, 0) is 47.9 Å². The van der Waals surface area contributed by atoms with Gasteiger partial charge in [-0.25, -0.2) is 12.8 Å². The SMILES string of the molecule is Cc1ccc(C(c2cccc(CC(=O)O)c2)N2CCN(S(=O)(=O)c3ccc(F)cc3)CC2)cc1. The largest absolute Gasteiger partial charge is 0.481 e. The first-order valence-electron chi connectivity index (χ1n) is 11.1. The number of aliphatic carboxylic acids is 1. The van der Waals surface area contributed by atoms with E-state index < -0.39 is 21.8 Å². The zero-order valence-corrected chi connectivity index (χ0v) is 19.7. The summed E-state index contributed by atoms with van der Waals surface area (Å²) in [5.41, 5.74) is 3.89. The molecule has 1 aliphatic rings. The Morgan fingerprint density at radius 1 is 0.941 bits per heavy atom. The van der Waals surface area contributed by atoms with Crippen LogP contribution in [0.4, 0.5) is 4.39 Å². The lowest BCUT2D eigenvalue weighted by Crippen LogP contribution is -2.49. The van der Waals surface area contributed by atoms with E-state index in [1.165, 1.54) is 16.4 Å². The van der Waals surface area contributed by atoms with Gasteiger partial charge in [-0.1, -0.05) is 54.1 Å². The van der Waals surface area contributed by atoms with Crippen molar-refractivity contribution in [3.8, 4) is 0 Å². The molecule has 0 bridgehead atoms. The fraction of sp³-hybridized carbons (Fsp3) is 0.269. The van der Waals surface area contributed by atoms with E-state index in [9.17, 15) is 22.7 Å². The van der Waals surface area contributed by atoms with E-state index in [4.69, 9.17) is 0 Å². The number of nitrogens with zero attached hydrogens (tertiary/aromatic N) is 2. The molecule has 0 amide bonds. The number of benzene rings is 3. The molecule has 3 aromatic rings. The Morgan fingerprint density at radius 2 is 1.59 bits per heavy atom. The fourth-order valence-electron chi connectivity index (χ4n) is 4.37. The summed E-state index contributed by atoms with van der Waals surface area (Å²) in [5.74, 6) is -1.36. The normalized spacial score (nSPS) is 16.3. The highest BCUT2D eigenvalue weighted by Gasteiger charge is 2.32. The highest BCUT2D eigenvalue weighted by molar-refractivity contribution is 7.89. The molecule has 0 radical (unpaired) electrons. The minimum absolute atomic E-state index is 0.0574. The van der Waals surface area contributed by atoms with Crippen molar-refractivity contribution in [3.63, 3.8) is 0 Å². The van der Waals surface area contributed by atoms with Crippen molar-refractivity contribution in [1.82, 2.24) is 9.21 Å². The molecule has 1 heterocycles. The van der Waals surface area contributed by atoms with Crippen LogP contribution in [0.15, 0.2) is 77.7 Å². The molecule has 34 heavy (non-hydrogen) atoms. The molecule has 0 spiro atoms. The van der Waals surface area contributed by atoms with Crippen molar-refractivity contribution in [2.75, 3.05) is 26.2 Å². The van der Waals surface area contributed by atoms with Gasteiger partial charge in [-0.2, -0.15) is 4.31 Å². The number of hydrogen-bond acceptors (Lipinski definition) is 4. The lowest BCUT2D eigenvalue weighted by atomic mass is 9.94. The van der Waals surface area contributed by atoms with Gasteiger partial charge in [0.1, 0.15) is 5.82 Å². The molecule has 1 N–H and O–H groups in total. The van der Waals surface area contributed by atoms with Gasteiger partial charge in [0.2, 0.25) is 10.0 Å². The molecule has 0 aromatic heterocycles. The van der Waals surface area contributed by atoms with E-state index >= 15 is 0 Å². The van der Waals surface area contributed by atoms with Gasteiger partial charge in [-0.3, -0.25) is 9.69 Å². The van der Waals surface area contributed by atoms with E-state index in [2.05, 4.69) is 17.0 Å². The first-order chi connectivity index (χ1) is 16.2. The fourth-order valence-corrected chi connectivity index (χ4v) is 5.79. The number of halogens is 1. The zero-order chi connectivity index (χ0) is 24.3. The van der Waals surface area contributed by atoms with Crippen LogP contribution >= 0.6 is 0 Å². The Bertz CT molecular complexity index is 1250. The lowest BCUT2D eigenvalue weighted by molar-refractivity contribution is -0.136. The summed E-state index contributed by atoms with van der Waals surface area (Å²) in [4.78, 5) is 13.5. The molecular weight excluding hydrogens is 455 g/mol. The molecule has 0 saturated carbocycles. The number of piperazine rings is 1. The predicted molar refractivity (Wildman–Crippen MR) is 128 cm³/mol. The smallest absolute Gasteiger partial charge is 0.307 e. The monoisotopic (exact) mass is 482 g/mol. The van der Waals surface area contributed by atoms with Crippen LogP contribution in [0.1, 0.15) is 28.3 Å². The van der Waals surface area contributed by atoms with Crippen LogP contribution in [0.3, 0.4) is 0 Å². The summed E-state index contributed by atoms with van der Waals surface area (Å²) in [6.07, 6.45) is -0.0574. The number of carbonyl (C=O) groups is 1. The quantitative estimate of drug-likeness (QED) is 0.553. The number of rotatable bonds is 7. The maximum atomic E-state index is 13.3. The van der Waals surface area contributed by atoms with Crippen molar-refractivity contribution < 1.29 is 22.7 Å². The topological polar surface area (TPSA) is 77.9 Å². The van der Waals surface area contributed by atoms with Gasteiger partial charge in [-0.15, -0.1) is 0 Å². The lowest BCUT2D eigenvalue weighted by Gasteiger charge is -2.39. The molecule has 3 aromatic carbocycles. The van der Waals surface area contributed by atoms with Crippen LogP contribution in [-0.2, 0) is 21.2 Å². The van der Waals surface area contributed by atoms with Gasteiger partial charge in [0.15, 0.2) is 0 Å². The number of carboxylic acids is 1. The molecule has 1 atom stereocenters. The maximum Gasteiger partial charge on any atom is 0.307 e. The predicted octanol–water partition coefficient (Wildman–Crippen LogP) is 3.86. The summed E-state index contributed by atoms with van der Waals surface area (Å²) >= 11 is 0. The molecule has 178 valence electrons. The number of hydrogen-bond donors (Lipinski definition) is 1. The average Bonchev–Trinajstić information content (AvgIpc) is 2.81. The molecular formula is C26H27FN2O4S. The van der Waals surface area contributed by atoms with Crippen molar-refractivity contribution in [2.24, 2.45) is 0 Å². The summed E-state index contributed by atoms with van der Waals surface area (Å²) in [6.45, 7) is 3.63. The van der Waals surface area contributed by atoms with E-state index in [1.807, 2.05) is 37.3 Å². The van der Waals surface area contributed by atoms with Crippen LogP contribution in [-0.4, -0.2) is 54.9 Å². The molecule has 1 fully saturated rings. The molecule has 1 aliphatic heterocycles. The summed E-state index contributed by atoms with van der Waals surface area (Å²) in [5, 5.41) is 9.21. The van der Waals surface area contributed by atoms with Crippen molar-refractivity contribution in [1.29, 1.82) is 0 Å². The first-order valence-corrected chi connectivity index (χ1v) is 12.5. The Balaban J connectivity index is 1.59. The Morgan fingerprint density at radius 3 is 2.21 bits per heavy atom. The summed E-state index contributed by atoms with van der Waals surface area (Å²) < 4.78 is 40.7. The Kier molecular flexibility index (Phi) is 7.11. The Labute approximate surface area is 199 Å². The van der Waals surface area contributed by atoms with Crippen LogP contribution in [0, 0.1) is 12.7 Å². The van der Waals surface area contributed by atoms with Crippen LogP contribution in [0.25, 0.3) is 0 Å². The second kappa shape index (κ2) is 10.0. The van der Waals surface area contributed by atoms with E-state index in [0.717, 1.165) is 34.4 Å². The molecule has 4 rings (SSSR count). The second-order valence-corrected chi connectivity index (χ2v) is 10.5. The first kappa shape index (κ1) is 24.1. The number of sulfonamides is 1. The third-order valence-electron chi connectivity index (χ3n) is 6.11. The third-order valence-corrected chi connectivity index (χ3v) is 8.02. The average molecular weight is 483 g/mol. The van der Waals surface area contributed by atoms with Crippen LogP contribution < -0.4 is 0 Å². The second-order valence-electron chi connectivity index (χ2n) is 8.52. The van der Waals surface area contributed by atoms with Gasteiger partial charge in [0, 0.05) is 26.2 Å².